The summed E-state index contributed by atoms with van der Waals surface area (Å²) >= 11 is 0. The molecule has 3 heteroatoms. The van der Waals surface area contributed by atoms with Gasteiger partial charge in [-0.3, -0.25) is 4.79 Å². The fraction of sp³-hybridized carbons (Fsp3) is 0.278. The van der Waals surface area contributed by atoms with Crippen LogP contribution in [0.1, 0.15) is 30.9 Å². The number of carbonyl (C=O) groups is 1. The van der Waals surface area contributed by atoms with E-state index in [1.165, 1.54) is 0 Å². The smallest absolute Gasteiger partial charge is 0.262 e. The molecular formula is C18H21NO2. The molecule has 0 radical (unpaired) electrons. The van der Waals surface area contributed by atoms with Gasteiger partial charge in [0, 0.05) is 5.69 Å². The van der Waals surface area contributed by atoms with Crippen LogP contribution in [0.25, 0.3) is 0 Å². The maximum atomic E-state index is 12.0. The minimum absolute atomic E-state index is 0.00942. The Bertz CT molecular complexity index is 603. The van der Waals surface area contributed by atoms with Crippen LogP contribution >= 0.6 is 0 Å². The summed E-state index contributed by atoms with van der Waals surface area (Å²) in [5.74, 6) is 0.913. The summed E-state index contributed by atoms with van der Waals surface area (Å²) in [4.78, 5) is 12.0. The highest BCUT2D eigenvalue weighted by atomic mass is 16.5. The third kappa shape index (κ3) is 4.35. The molecule has 0 aliphatic heterocycles. The van der Waals surface area contributed by atoms with Gasteiger partial charge in [-0.05, 0) is 36.6 Å². The molecule has 0 aromatic heterocycles. The summed E-state index contributed by atoms with van der Waals surface area (Å²) in [5.41, 5.74) is 3.14. The molecule has 21 heavy (non-hydrogen) atoms. The highest BCUT2D eigenvalue weighted by Crippen LogP contribution is 2.23. The van der Waals surface area contributed by atoms with Gasteiger partial charge in [-0.1, -0.05) is 49.7 Å². The van der Waals surface area contributed by atoms with Gasteiger partial charge >= 0.3 is 0 Å². The van der Waals surface area contributed by atoms with Gasteiger partial charge in [-0.15, -0.1) is 0 Å². The first-order valence-corrected chi connectivity index (χ1v) is 7.14. The average Bonchev–Trinajstić information content (AvgIpc) is 2.47. The second-order valence-corrected chi connectivity index (χ2v) is 5.39. The lowest BCUT2D eigenvalue weighted by Gasteiger charge is -2.14. The molecular weight excluding hydrogens is 262 g/mol. The number of rotatable bonds is 5. The van der Waals surface area contributed by atoms with E-state index >= 15 is 0 Å². The van der Waals surface area contributed by atoms with Gasteiger partial charge in [0.2, 0.25) is 0 Å². The molecule has 0 saturated heterocycles. The molecule has 2 rings (SSSR count). The number of ether oxygens (including phenoxy) is 1. The summed E-state index contributed by atoms with van der Waals surface area (Å²) < 4.78 is 5.48. The largest absolute Gasteiger partial charge is 0.484 e. The second kappa shape index (κ2) is 6.93. The highest BCUT2D eigenvalue weighted by Gasteiger charge is 2.09. The molecule has 2 aromatic rings. The molecule has 0 spiro atoms. The molecule has 0 bridgehead atoms. The molecule has 1 N–H and O–H groups in total. The Balaban J connectivity index is 1.94. The van der Waals surface area contributed by atoms with E-state index in [0.29, 0.717) is 11.7 Å². The van der Waals surface area contributed by atoms with Crippen LogP contribution in [0.15, 0.2) is 48.5 Å². The quantitative estimate of drug-likeness (QED) is 0.895. The molecule has 0 unspecified atom stereocenters. The summed E-state index contributed by atoms with van der Waals surface area (Å²) in [5, 5.41) is 2.91. The summed E-state index contributed by atoms with van der Waals surface area (Å²) in [7, 11) is 0. The first kappa shape index (κ1) is 15.1. The lowest BCUT2D eigenvalue weighted by molar-refractivity contribution is -0.118. The number of amides is 1. The molecule has 0 aliphatic carbocycles. The molecule has 0 heterocycles. The van der Waals surface area contributed by atoms with Gasteiger partial charge in [0.25, 0.3) is 5.91 Å². The van der Waals surface area contributed by atoms with E-state index in [9.17, 15) is 4.79 Å². The third-order valence-corrected chi connectivity index (χ3v) is 3.25. The number of anilines is 1. The van der Waals surface area contributed by atoms with Crippen LogP contribution in [-0.2, 0) is 4.79 Å². The fourth-order valence-corrected chi connectivity index (χ4v) is 2.08. The SMILES string of the molecule is Cc1ccc(OCC(=O)Nc2ccccc2C(C)C)cc1. The number of hydrogen-bond acceptors (Lipinski definition) is 2. The molecule has 0 saturated carbocycles. The Morgan fingerprint density at radius 1 is 1.10 bits per heavy atom. The van der Waals surface area contributed by atoms with Crippen LogP contribution < -0.4 is 10.1 Å². The first-order chi connectivity index (χ1) is 10.1. The van der Waals surface area contributed by atoms with Crippen LogP contribution in [-0.4, -0.2) is 12.5 Å². The van der Waals surface area contributed by atoms with Crippen molar-refractivity contribution >= 4 is 11.6 Å². The van der Waals surface area contributed by atoms with Crippen LogP contribution in [0.4, 0.5) is 5.69 Å². The topological polar surface area (TPSA) is 38.3 Å². The zero-order valence-electron chi connectivity index (χ0n) is 12.7. The minimum atomic E-state index is -0.149. The highest BCUT2D eigenvalue weighted by molar-refractivity contribution is 5.92. The molecule has 0 fully saturated rings. The Morgan fingerprint density at radius 3 is 2.43 bits per heavy atom. The van der Waals surface area contributed by atoms with Crippen molar-refractivity contribution in [3.63, 3.8) is 0 Å². The van der Waals surface area contributed by atoms with E-state index in [2.05, 4.69) is 19.2 Å². The first-order valence-electron chi connectivity index (χ1n) is 7.14. The van der Waals surface area contributed by atoms with Crippen molar-refractivity contribution in [1.82, 2.24) is 0 Å². The molecule has 0 atom stereocenters. The fourth-order valence-electron chi connectivity index (χ4n) is 2.08. The van der Waals surface area contributed by atoms with E-state index in [-0.39, 0.29) is 12.5 Å². The van der Waals surface area contributed by atoms with Gasteiger partial charge < -0.3 is 10.1 Å². The normalized spacial score (nSPS) is 10.5. The van der Waals surface area contributed by atoms with E-state index < -0.39 is 0 Å². The summed E-state index contributed by atoms with van der Waals surface area (Å²) in [6.45, 7) is 6.23. The van der Waals surface area contributed by atoms with Crippen LogP contribution in [0.2, 0.25) is 0 Å². The van der Waals surface area contributed by atoms with Crippen molar-refractivity contribution < 1.29 is 9.53 Å². The predicted octanol–water partition coefficient (Wildman–Crippen LogP) is 4.14. The van der Waals surface area contributed by atoms with Gasteiger partial charge in [-0.25, -0.2) is 0 Å². The zero-order chi connectivity index (χ0) is 15.2. The molecule has 3 nitrogen and oxygen atoms in total. The second-order valence-electron chi connectivity index (χ2n) is 5.39. The Kier molecular flexibility index (Phi) is 4.99. The number of nitrogens with one attached hydrogen (secondary N) is 1. The van der Waals surface area contributed by atoms with Gasteiger partial charge in [-0.2, -0.15) is 0 Å². The Hall–Kier alpha value is -2.29. The Labute approximate surface area is 126 Å². The van der Waals surface area contributed by atoms with Crippen molar-refractivity contribution in [3.05, 3.63) is 59.7 Å². The van der Waals surface area contributed by atoms with Crippen molar-refractivity contribution in [2.75, 3.05) is 11.9 Å². The number of hydrogen-bond donors (Lipinski definition) is 1. The van der Waals surface area contributed by atoms with Gasteiger partial charge in [0.05, 0.1) is 0 Å². The van der Waals surface area contributed by atoms with Gasteiger partial charge in [0.1, 0.15) is 5.75 Å². The minimum Gasteiger partial charge on any atom is -0.484 e. The molecule has 1 amide bonds. The zero-order valence-corrected chi connectivity index (χ0v) is 12.7. The lowest BCUT2D eigenvalue weighted by Crippen LogP contribution is -2.21. The van der Waals surface area contributed by atoms with Crippen LogP contribution in [0.5, 0.6) is 5.75 Å². The molecule has 2 aromatic carbocycles. The standard InChI is InChI=1S/C18H21NO2/c1-13(2)16-6-4-5-7-17(16)19-18(20)12-21-15-10-8-14(3)9-11-15/h4-11,13H,12H2,1-3H3,(H,19,20). The predicted molar refractivity (Wildman–Crippen MR) is 85.8 cm³/mol. The van der Waals surface area contributed by atoms with E-state index in [1.807, 2.05) is 55.5 Å². The number of carbonyl (C=O) groups excluding carboxylic acids is 1. The third-order valence-electron chi connectivity index (χ3n) is 3.25. The molecule has 110 valence electrons. The summed E-state index contributed by atoms with van der Waals surface area (Å²) in [6, 6.07) is 15.5. The number of para-hydroxylation sites is 1. The number of aryl methyl sites for hydroxylation is 1. The Morgan fingerprint density at radius 2 is 1.76 bits per heavy atom. The monoisotopic (exact) mass is 283 g/mol. The van der Waals surface area contributed by atoms with Crippen molar-refractivity contribution in [3.8, 4) is 5.75 Å². The summed E-state index contributed by atoms with van der Waals surface area (Å²) in [6.07, 6.45) is 0. The van der Waals surface area contributed by atoms with Crippen LogP contribution in [0, 0.1) is 6.92 Å². The van der Waals surface area contributed by atoms with Gasteiger partial charge in [0.15, 0.2) is 6.61 Å². The average molecular weight is 283 g/mol. The van der Waals surface area contributed by atoms with Crippen molar-refractivity contribution in [2.24, 2.45) is 0 Å². The lowest BCUT2D eigenvalue weighted by atomic mass is 10.0. The maximum Gasteiger partial charge on any atom is 0.262 e. The van der Waals surface area contributed by atoms with E-state index in [1.54, 1.807) is 0 Å². The molecule has 0 aliphatic rings. The van der Waals surface area contributed by atoms with Crippen molar-refractivity contribution in [1.29, 1.82) is 0 Å². The van der Waals surface area contributed by atoms with E-state index in [0.717, 1.165) is 16.8 Å². The number of benzene rings is 2. The maximum absolute atomic E-state index is 12.0. The van der Waals surface area contributed by atoms with E-state index in [4.69, 9.17) is 4.74 Å². The van der Waals surface area contributed by atoms with Crippen LogP contribution in [0.3, 0.4) is 0 Å². The van der Waals surface area contributed by atoms with Crippen molar-refractivity contribution in [2.45, 2.75) is 26.7 Å².